The number of carbonyl (C=O) groups excluding carboxylic acids is 2. The SMILES string of the molecule is CCC(CN)NC(=O)C1CSC(=O)N1. The van der Waals surface area contributed by atoms with Crippen LogP contribution in [0.4, 0.5) is 4.79 Å². The van der Waals surface area contributed by atoms with Crippen molar-refractivity contribution in [2.24, 2.45) is 5.73 Å². The lowest BCUT2D eigenvalue weighted by atomic mass is 10.2. The van der Waals surface area contributed by atoms with E-state index in [0.29, 0.717) is 12.3 Å². The van der Waals surface area contributed by atoms with Crippen molar-refractivity contribution in [3.8, 4) is 0 Å². The Kier molecular flexibility index (Phi) is 4.21. The van der Waals surface area contributed by atoms with E-state index in [1.165, 1.54) is 0 Å². The van der Waals surface area contributed by atoms with E-state index in [1.54, 1.807) is 0 Å². The first-order valence-corrected chi connectivity index (χ1v) is 5.59. The lowest BCUT2D eigenvalue weighted by Gasteiger charge is -2.17. The number of nitrogens with one attached hydrogen (secondary N) is 2. The normalized spacial score (nSPS) is 23.0. The Bertz CT molecular complexity index is 231. The molecule has 2 unspecified atom stereocenters. The van der Waals surface area contributed by atoms with Gasteiger partial charge < -0.3 is 16.4 Å². The summed E-state index contributed by atoms with van der Waals surface area (Å²) in [5, 5.41) is 5.23. The van der Waals surface area contributed by atoms with Crippen LogP contribution in [0, 0.1) is 0 Å². The topological polar surface area (TPSA) is 84.2 Å². The van der Waals surface area contributed by atoms with E-state index in [0.717, 1.165) is 18.2 Å². The molecule has 4 N–H and O–H groups in total. The maximum Gasteiger partial charge on any atom is 0.279 e. The molecule has 1 fully saturated rings. The first kappa shape index (κ1) is 11.3. The lowest BCUT2D eigenvalue weighted by molar-refractivity contribution is -0.122. The fourth-order valence-electron chi connectivity index (χ4n) is 1.16. The Morgan fingerprint density at radius 1 is 1.86 bits per heavy atom. The second-order valence-corrected chi connectivity index (χ2v) is 4.14. The highest BCUT2D eigenvalue weighted by Gasteiger charge is 2.28. The second-order valence-electron chi connectivity index (χ2n) is 3.14. The zero-order valence-electron chi connectivity index (χ0n) is 8.08. The van der Waals surface area contributed by atoms with E-state index in [9.17, 15) is 9.59 Å². The monoisotopic (exact) mass is 217 g/mol. The zero-order chi connectivity index (χ0) is 10.6. The molecule has 1 aliphatic rings. The molecule has 0 radical (unpaired) electrons. The van der Waals surface area contributed by atoms with E-state index in [-0.39, 0.29) is 17.2 Å². The van der Waals surface area contributed by atoms with Crippen molar-refractivity contribution in [1.29, 1.82) is 0 Å². The van der Waals surface area contributed by atoms with Crippen LogP contribution < -0.4 is 16.4 Å². The van der Waals surface area contributed by atoms with Gasteiger partial charge in [0.2, 0.25) is 5.91 Å². The summed E-state index contributed by atoms with van der Waals surface area (Å²) >= 11 is 1.13. The standard InChI is InChI=1S/C8H15N3O2S/c1-2-5(3-9)10-7(12)6-4-14-8(13)11-6/h5-6H,2-4,9H2,1H3,(H,10,12)(H,11,13). The maximum atomic E-state index is 11.5. The van der Waals surface area contributed by atoms with Crippen LogP contribution in [0.1, 0.15) is 13.3 Å². The van der Waals surface area contributed by atoms with Crippen molar-refractivity contribution in [3.63, 3.8) is 0 Å². The van der Waals surface area contributed by atoms with Crippen LogP contribution in [0.25, 0.3) is 0 Å². The van der Waals surface area contributed by atoms with Gasteiger partial charge in [-0.05, 0) is 6.42 Å². The highest BCUT2D eigenvalue weighted by molar-refractivity contribution is 8.14. The summed E-state index contributed by atoms with van der Waals surface area (Å²) in [6, 6.07) is -0.391. The van der Waals surface area contributed by atoms with Gasteiger partial charge in [0.05, 0.1) is 0 Å². The van der Waals surface area contributed by atoms with Gasteiger partial charge in [0.15, 0.2) is 0 Å². The number of hydrogen-bond donors (Lipinski definition) is 3. The minimum Gasteiger partial charge on any atom is -0.350 e. The van der Waals surface area contributed by atoms with Crippen LogP contribution in [0.15, 0.2) is 0 Å². The molecule has 1 heterocycles. The molecule has 80 valence electrons. The summed E-state index contributed by atoms with van der Waals surface area (Å²) in [5.41, 5.74) is 5.45. The van der Waals surface area contributed by atoms with Gasteiger partial charge in [-0.25, -0.2) is 0 Å². The predicted octanol–water partition coefficient (Wildman–Crippen LogP) is -0.335. The van der Waals surface area contributed by atoms with Crippen molar-refractivity contribution in [2.45, 2.75) is 25.4 Å². The Morgan fingerprint density at radius 2 is 2.57 bits per heavy atom. The van der Waals surface area contributed by atoms with Gasteiger partial charge >= 0.3 is 0 Å². The molecule has 0 spiro atoms. The molecule has 2 atom stereocenters. The highest BCUT2D eigenvalue weighted by atomic mass is 32.2. The second kappa shape index (κ2) is 5.21. The van der Waals surface area contributed by atoms with Gasteiger partial charge in [-0.15, -0.1) is 0 Å². The molecule has 0 aliphatic carbocycles. The molecule has 6 heteroatoms. The Hall–Kier alpha value is -0.750. The summed E-state index contributed by atoms with van der Waals surface area (Å²) in [6.45, 7) is 2.38. The molecule has 0 saturated carbocycles. The van der Waals surface area contributed by atoms with Gasteiger partial charge in [-0.1, -0.05) is 18.7 Å². The highest BCUT2D eigenvalue weighted by Crippen LogP contribution is 2.12. The van der Waals surface area contributed by atoms with Crippen molar-refractivity contribution < 1.29 is 9.59 Å². The van der Waals surface area contributed by atoms with E-state index < -0.39 is 6.04 Å². The minimum atomic E-state index is -0.395. The number of amides is 2. The first-order valence-electron chi connectivity index (χ1n) is 4.61. The molecular formula is C8H15N3O2S. The van der Waals surface area contributed by atoms with Crippen LogP contribution in [-0.4, -0.2) is 35.5 Å². The lowest BCUT2D eigenvalue weighted by Crippen LogP contribution is -2.48. The molecule has 5 nitrogen and oxygen atoms in total. The molecule has 0 bridgehead atoms. The van der Waals surface area contributed by atoms with Crippen LogP contribution in [0.3, 0.4) is 0 Å². The molecule has 1 saturated heterocycles. The van der Waals surface area contributed by atoms with E-state index >= 15 is 0 Å². The van der Waals surface area contributed by atoms with Crippen LogP contribution in [0.2, 0.25) is 0 Å². The molecular weight excluding hydrogens is 202 g/mol. The quantitative estimate of drug-likeness (QED) is 0.602. The van der Waals surface area contributed by atoms with Crippen LogP contribution >= 0.6 is 11.8 Å². The van der Waals surface area contributed by atoms with E-state index in [2.05, 4.69) is 10.6 Å². The predicted molar refractivity (Wildman–Crippen MR) is 56.1 cm³/mol. The number of rotatable bonds is 4. The van der Waals surface area contributed by atoms with Gasteiger partial charge in [-0.2, -0.15) is 0 Å². The Labute approximate surface area is 87.2 Å². The molecule has 0 aromatic rings. The first-order chi connectivity index (χ1) is 6.67. The average molecular weight is 217 g/mol. The van der Waals surface area contributed by atoms with E-state index in [4.69, 9.17) is 5.73 Å². The number of hydrogen-bond acceptors (Lipinski definition) is 4. The fraction of sp³-hybridized carbons (Fsp3) is 0.750. The molecule has 0 aromatic heterocycles. The summed E-state index contributed by atoms with van der Waals surface area (Å²) < 4.78 is 0. The maximum absolute atomic E-state index is 11.5. The summed E-state index contributed by atoms with van der Waals surface area (Å²) in [6.07, 6.45) is 0.802. The van der Waals surface area contributed by atoms with Crippen molar-refractivity contribution >= 4 is 22.9 Å². The van der Waals surface area contributed by atoms with Crippen molar-refractivity contribution in [1.82, 2.24) is 10.6 Å². The smallest absolute Gasteiger partial charge is 0.279 e. The summed E-state index contributed by atoms with van der Waals surface area (Å²) in [5.74, 6) is 0.367. The fourth-order valence-corrected chi connectivity index (χ4v) is 1.93. The van der Waals surface area contributed by atoms with Crippen LogP contribution in [0.5, 0.6) is 0 Å². The molecule has 0 aromatic carbocycles. The summed E-state index contributed by atoms with van der Waals surface area (Å²) in [7, 11) is 0. The number of thioether (sulfide) groups is 1. The van der Waals surface area contributed by atoms with Gasteiger partial charge in [0.25, 0.3) is 5.24 Å². The molecule has 1 aliphatic heterocycles. The number of carbonyl (C=O) groups is 2. The van der Waals surface area contributed by atoms with Crippen LogP contribution in [-0.2, 0) is 4.79 Å². The minimum absolute atomic E-state index is 0.00463. The van der Waals surface area contributed by atoms with E-state index in [1.807, 2.05) is 6.92 Å². The largest absolute Gasteiger partial charge is 0.350 e. The third kappa shape index (κ3) is 2.88. The zero-order valence-corrected chi connectivity index (χ0v) is 8.89. The molecule has 14 heavy (non-hydrogen) atoms. The number of nitrogens with two attached hydrogens (primary N) is 1. The third-order valence-corrected chi connectivity index (χ3v) is 2.99. The third-order valence-electron chi connectivity index (χ3n) is 2.11. The van der Waals surface area contributed by atoms with Crippen molar-refractivity contribution in [2.75, 3.05) is 12.3 Å². The Morgan fingerprint density at radius 3 is 3.00 bits per heavy atom. The molecule has 1 rings (SSSR count). The molecule has 2 amide bonds. The van der Waals surface area contributed by atoms with Gasteiger partial charge in [0.1, 0.15) is 6.04 Å². The van der Waals surface area contributed by atoms with Gasteiger partial charge in [0, 0.05) is 18.3 Å². The van der Waals surface area contributed by atoms with Gasteiger partial charge in [-0.3, -0.25) is 9.59 Å². The average Bonchev–Trinajstić information content (AvgIpc) is 2.61. The van der Waals surface area contributed by atoms with Crippen molar-refractivity contribution in [3.05, 3.63) is 0 Å². The summed E-state index contributed by atoms with van der Waals surface area (Å²) in [4.78, 5) is 22.4. The Balaban J connectivity index is 2.38.